The van der Waals surface area contributed by atoms with Crippen LogP contribution in [0.1, 0.15) is 40.5 Å². The molecule has 0 spiro atoms. The van der Waals surface area contributed by atoms with E-state index in [1.165, 1.54) is 6.42 Å². The zero-order valence-electron chi connectivity index (χ0n) is 11.8. The maximum atomic E-state index is 12.4. The predicted octanol–water partition coefficient (Wildman–Crippen LogP) is 1.41. The van der Waals surface area contributed by atoms with Crippen molar-refractivity contribution in [2.24, 2.45) is 17.3 Å². The second kappa shape index (κ2) is 4.56. The molecule has 4 heteroatoms. The third kappa shape index (κ3) is 2.68. The number of carbonyl (C=O) groups excluding carboxylic acids is 2. The van der Waals surface area contributed by atoms with E-state index in [1.54, 1.807) is 0 Å². The van der Waals surface area contributed by atoms with E-state index >= 15 is 0 Å². The summed E-state index contributed by atoms with van der Waals surface area (Å²) in [6.45, 7) is 9.82. The first-order valence-corrected chi connectivity index (χ1v) is 6.89. The van der Waals surface area contributed by atoms with Crippen LogP contribution < -0.4 is 5.32 Å². The maximum Gasteiger partial charge on any atom is 0.245 e. The Morgan fingerprint density at radius 2 is 2.00 bits per heavy atom. The Hall–Kier alpha value is -1.06. The third-order valence-electron chi connectivity index (χ3n) is 4.33. The van der Waals surface area contributed by atoms with E-state index in [0.717, 1.165) is 6.54 Å². The van der Waals surface area contributed by atoms with Gasteiger partial charge in [-0.2, -0.15) is 0 Å². The molecule has 0 aromatic rings. The molecule has 2 atom stereocenters. The van der Waals surface area contributed by atoms with Crippen LogP contribution in [0.2, 0.25) is 0 Å². The Labute approximate surface area is 109 Å². The van der Waals surface area contributed by atoms with Gasteiger partial charge in [0, 0.05) is 19.5 Å². The fourth-order valence-corrected chi connectivity index (χ4v) is 2.64. The average Bonchev–Trinajstić information content (AvgIpc) is 2.89. The maximum absolute atomic E-state index is 12.4. The number of nitrogens with zero attached hydrogens (tertiary/aromatic N) is 1. The van der Waals surface area contributed by atoms with Crippen molar-refractivity contribution in [1.82, 2.24) is 10.2 Å². The summed E-state index contributed by atoms with van der Waals surface area (Å²) < 4.78 is 0. The van der Waals surface area contributed by atoms with Gasteiger partial charge in [0.25, 0.3) is 0 Å². The van der Waals surface area contributed by atoms with E-state index in [0.29, 0.717) is 24.3 Å². The normalized spacial score (nSPS) is 31.3. The highest BCUT2D eigenvalue weighted by Crippen LogP contribution is 2.51. The summed E-state index contributed by atoms with van der Waals surface area (Å²) >= 11 is 0. The fraction of sp³-hybridized carbons (Fsp3) is 0.857. The molecule has 4 nitrogen and oxygen atoms in total. The molecular weight excluding hydrogens is 228 g/mol. The molecule has 2 aliphatic rings. The van der Waals surface area contributed by atoms with Crippen LogP contribution in [0.3, 0.4) is 0 Å². The summed E-state index contributed by atoms with van der Waals surface area (Å²) in [5.74, 6) is 0.842. The van der Waals surface area contributed by atoms with Gasteiger partial charge in [-0.15, -0.1) is 0 Å². The molecule has 1 aliphatic carbocycles. The molecule has 1 aliphatic heterocycles. The van der Waals surface area contributed by atoms with E-state index in [4.69, 9.17) is 0 Å². The van der Waals surface area contributed by atoms with Gasteiger partial charge in [-0.05, 0) is 23.7 Å². The highest BCUT2D eigenvalue weighted by atomic mass is 16.2. The molecule has 102 valence electrons. The van der Waals surface area contributed by atoms with Gasteiger partial charge in [0.2, 0.25) is 11.8 Å². The van der Waals surface area contributed by atoms with Gasteiger partial charge in [0.15, 0.2) is 0 Å². The number of amides is 2. The molecule has 2 fully saturated rings. The molecule has 0 bridgehead atoms. The summed E-state index contributed by atoms with van der Waals surface area (Å²) in [4.78, 5) is 25.9. The topological polar surface area (TPSA) is 49.4 Å². The Morgan fingerprint density at radius 1 is 1.39 bits per heavy atom. The lowest BCUT2D eigenvalue weighted by molar-refractivity contribution is -0.135. The molecule has 1 N–H and O–H groups in total. The zero-order chi connectivity index (χ0) is 13.5. The number of hydrogen-bond acceptors (Lipinski definition) is 2. The summed E-state index contributed by atoms with van der Waals surface area (Å²) in [5.41, 5.74) is 0.372. The van der Waals surface area contributed by atoms with Gasteiger partial charge in [0.1, 0.15) is 6.04 Å². The predicted molar refractivity (Wildman–Crippen MR) is 69.9 cm³/mol. The number of hydrogen-bond donors (Lipinski definition) is 1. The van der Waals surface area contributed by atoms with Crippen LogP contribution in [-0.2, 0) is 9.59 Å². The number of carbonyl (C=O) groups is 2. The smallest absolute Gasteiger partial charge is 0.245 e. The first kappa shape index (κ1) is 13.4. The summed E-state index contributed by atoms with van der Waals surface area (Å²) in [6, 6.07) is -0.345. The second-order valence-electron chi connectivity index (χ2n) is 6.71. The molecule has 0 aromatic heterocycles. The largest absolute Gasteiger partial charge is 0.344 e. The molecule has 2 unspecified atom stereocenters. The quantitative estimate of drug-likeness (QED) is 0.825. The van der Waals surface area contributed by atoms with Gasteiger partial charge in [-0.3, -0.25) is 9.59 Å². The van der Waals surface area contributed by atoms with E-state index < -0.39 is 0 Å². The monoisotopic (exact) mass is 252 g/mol. The van der Waals surface area contributed by atoms with Crippen molar-refractivity contribution < 1.29 is 9.59 Å². The van der Waals surface area contributed by atoms with E-state index in [9.17, 15) is 9.59 Å². The van der Waals surface area contributed by atoms with Crippen LogP contribution in [0.4, 0.5) is 0 Å². The van der Waals surface area contributed by atoms with Crippen LogP contribution in [0.5, 0.6) is 0 Å². The summed E-state index contributed by atoms with van der Waals surface area (Å²) in [5, 5.41) is 2.84. The standard InChI is InChI=1S/C14H24N2O2/c1-9(2)12-13(18)16(6-5-11(17)15-12)8-10-7-14(10,3)4/h9-10,12H,5-8H2,1-4H3,(H,15,17). The van der Waals surface area contributed by atoms with Crippen molar-refractivity contribution >= 4 is 11.8 Å². The molecule has 1 heterocycles. The van der Waals surface area contributed by atoms with Gasteiger partial charge < -0.3 is 10.2 Å². The van der Waals surface area contributed by atoms with Gasteiger partial charge in [0.05, 0.1) is 0 Å². The Morgan fingerprint density at radius 3 is 2.50 bits per heavy atom. The van der Waals surface area contributed by atoms with Crippen molar-refractivity contribution in [2.45, 2.75) is 46.6 Å². The van der Waals surface area contributed by atoms with Crippen molar-refractivity contribution in [3.8, 4) is 0 Å². The molecule has 0 radical (unpaired) electrons. The number of rotatable bonds is 3. The highest BCUT2D eigenvalue weighted by Gasteiger charge is 2.47. The summed E-state index contributed by atoms with van der Waals surface area (Å²) in [7, 11) is 0. The van der Waals surface area contributed by atoms with Gasteiger partial charge in [-0.1, -0.05) is 27.7 Å². The van der Waals surface area contributed by atoms with Crippen LogP contribution in [-0.4, -0.2) is 35.8 Å². The highest BCUT2D eigenvalue weighted by molar-refractivity contribution is 5.90. The molecule has 1 saturated heterocycles. The second-order valence-corrected chi connectivity index (χ2v) is 6.71. The minimum atomic E-state index is -0.345. The van der Waals surface area contributed by atoms with E-state index in [-0.39, 0.29) is 23.8 Å². The van der Waals surface area contributed by atoms with Crippen molar-refractivity contribution in [3.63, 3.8) is 0 Å². The van der Waals surface area contributed by atoms with Crippen molar-refractivity contribution in [2.75, 3.05) is 13.1 Å². The molecule has 2 amide bonds. The van der Waals surface area contributed by atoms with Crippen LogP contribution in [0.25, 0.3) is 0 Å². The lowest BCUT2D eigenvalue weighted by Gasteiger charge is -2.26. The van der Waals surface area contributed by atoms with E-state index in [1.807, 2.05) is 18.7 Å². The Kier molecular flexibility index (Phi) is 3.39. The van der Waals surface area contributed by atoms with Crippen LogP contribution in [0, 0.1) is 17.3 Å². The minimum absolute atomic E-state index is 0.000364. The third-order valence-corrected chi connectivity index (χ3v) is 4.33. The van der Waals surface area contributed by atoms with Gasteiger partial charge >= 0.3 is 0 Å². The molecule has 2 rings (SSSR count). The molecule has 18 heavy (non-hydrogen) atoms. The zero-order valence-corrected chi connectivity index (χ0v) is 11.8. The lowest BCUT2D eigenvalue weighted by atomic mass is 10.0. The average molecular weight is 252 g/mol. The first-order valence-electron chi connectivity index (χ1n) is 6.89. The van der Waals surface area contributed by atoms with E-state index in [2.05, 4.69) is 19.2 Å². The molecular formula is C14H24N2O2. The minimum Gasteiger partial charge on any atom is -0.344 e. The van der Waals surface area contributed by atoms with Crippen molar-refractivity contribution in [3.05, 3.63) is 0 Å². The molecule has 0 aromatic carbocycles. The van der Waals surface area contributed by atoms with Crippen LogP contribution in [0.15, 0.2) is 0 Å². The lowest BCUT2D eigenvalue weighted by Crippen LogP contribution is -2.48. The number of nitrogens with one attached hydrogen (secondary N) is 1. The SMILES string of the molecule is CC(C)C1NC(=O)CCN(CC2CC2(C)C)C1=O. The van der Waals surface area contributed by atoms with Crippen molar-refractivity contribution in [1.29, 1.82) is 0 Å². The Bertz CT molecular complexity index is 363. The fourth-order valence-electron chi connectivity index (χ4n) is 2.64. The van der Waals surface area contributed by atoms with Gasteiger partial charge in [-0.25, -0.2) is 0 Å². The Balaban J connectivity index is 2.05. The first-order chi connectivity index (χ1) is 8.31. The molecule has 1 saturated carbocycles. The summed E-state index contributed by atoms with van der Waals surface area (Å²) in [6.07, 6.45) is 1.62. The van der Waals surface area contributed by atoms with Crippen LogP contribution >= 0.6 is 0 Å².